The van der Waals surface area contributed by atoms with E-state index in [1.54, 1.807) is 7.11 Å². The lowest BCUT2D eigenvalue weighted by atomic mass is 9.43. The Morgan fingerprint density at radius 1 is 1.00 bits per heavy atom. The van der Waals surface area contributed by atoms with Gasteiger partial charge in [0.05, 0.1) is 13.0 Å². The first-order chi connectivity index (χ1) is 14.9. The number of rotatable bonds is 3. The molecule has 4 heteroatoms. The van der Waals surface area contributed by atoms with E-state index in [0.29, 0.717) is 41.5 Å². The van der Waals surface area contributed by atoms with Gasteiger partial charge in [0.1, 0.15) is 5.78 Å². The first-order valence-corrected chi connectivity index (χ1v) is 13.2. The highest BCUT2D eigenvalue weighted by Crippen LogP contribution is 2.67. The van der Waals surface area contributed by atoms with Crippen molar-refractivity contribution < 1.29 is 14.3 Å². The van der Waals surface area contributed by atoms with Crippen LogP contribution in [-0.4, -0.2) is 30.9 Å². The predicted molar refractivity (Wildman–Crippen MR) is 121 cm³/mol. The van der Waals surface area contributed by atoms with Gasteiger partial charge in [0.25, 0.3) is 0 Å². The van der Waals surface area contributed by atoms with Crippen molar-refractivity contribution in [1.82, 2.24) is 5.32 Å². The molecule has 0 aromatic carbocycles. The minimum absolute atomic E-state index is 0.0167. The normalized spacial score (nSPS) is 47.9. The number of carbonyl (C=O) groups is 2. The molecule has 0 unspecified atom stereocenters. The van der Waals surface area contributed by atoms with Gasteiger partial charge in [-0.15, -0.1) is 0 Å². The van der Waals surface area contributed by atoms with Crippen LogP contribution >= 0.6 is 0 Å². The van der Waals surface area contributed by atoms with Crippen LogP contribution in [0.1, 0.15) is 97.3 Å². The van der Waals surface area contributed by atoms with E-state index in [-0.39, 0.29) is 22.7 Å². The zero-order chi connectivity index (χ0) is 21.8. The Labute approximate surface area is 188 Å². The topological polar surface area (TPSA) is 55.4 Å². The van der Waals surface area contributed by atoms with Crippen LogP contribution in [-0.2, 0) is 14.3 Å². The molecule has 1 N–H and O–H groups in total. The molecule has 8 atom stereocenters. The van der Waals surface area contributed by atoms with Gasteiger partial charge in [-0.3, -0.25) is 9.59 Å². The molecule has 5 fully saturated rings. The van der Waals surface area contributed by atoms with Gasteiger partial charge in [-0.05, 0) is 85.9 Å². The smallest absolute Gasteiger partial charge is 0.309 e. The summed E-state index contributed by atoms with van der Waals surface area (Å²) in [7, 11) is 1.56. The fourth-order valence-electron chi connectivity index (χ4n) is 9.49. The summed E-state index contributed by atoms with van der Waals surface area (Å²) >= 11 is 0. The molecule has 0 aromatic rings. The molecule has 5 saturated carbocycles. The highest BCUT2D eigenvalue weighted by Gasteiger charge is 2.64. The summed E-state index contributed by atoms with van der Waals surface area (Å²) in [6.07, 6.45) is 15.0. The van der Waals surface area contributed by atoms with Gasteiger partial charge in [-0.2, -0.15) is 0 Å². The summed E-state index contributed by atoms with van der Waals surface area (Å²) in [5, 5.41) is 4.20. The fourth-order valence-corrected chi connectivity index (χ4v) is 9.49. The minimum atomic E-state index is 0.0167. The average molecular weight is 430 g/mol. The third-order valence-electron chi connectivity index (χ3n) is 11.0. The largest absolute Gasteiger partial charge is 0.469 e. The lowest BCUT2D eigenvalue weighted by molar-refractivity contribution is -0.161. The van der Waals surface area contributed by atoms with E-state index in [4.69, 9.17) is 4.74 Å². The van der Waals surface area contributed by atoms with Crippen molar-refractivity contribution in [2.75, 3.05) is 7.11 Å². The molecule has 0 spiro atoms. The molecule has 0 saturated heterocycles. The number of esters is 1. The van der Waals surface area contributed by atoms with Crippen LogP contribution in [0, 0.1) is 40.4 Å². The standard InChI is InChI=1S/C27H43NO3/c1-26-14-13-19(29)15-17(26)9-10-20-21-11-12-22(25(30)31-3)27(21,2)16-23(24(20)26)28-18-7-5-4-6-8-18/h17-18,20-24,28H,4-16H2,1-3H3/t17-,20+,21+,22-,23-,24-,26+,27+/m1/s1. The van der Waals surface area contributed by atoms with E-state index in [2.05, 4.69) is 19.2 Å². The number of hydrogen-bond donors (Lipinski definition) is 1. The monoisotopic (exact) mass is 429 g/mol. The second-order valence-electron chi connectivity index (χ2n) is 12.3. The lowest BCUT2D eigenvalue weighted by Gasteiger charge is -2.63. The SMILES string of the molecule is COC(=O)[C@H]1CC[C@H]2[C@@H]3CC[C@@H]4CC(=O)CC[C@]4(C)[C@H]3[C@H](NC3CCCCC3)C[C@]12C. The van der Waals surface area contributed by atoms with Crippen molar-refractivity contribution in [2.24, 2.45) is 40.4 Å². The maximum atomic E-state index is 12.8. The van der Waals surface area contributed by atoms with Crippen molar-refractivity contribution in [3.8, 4) is 0 Å². The Hall–Kier alpha value is -0.900. The Morgan fingerprint density at radius 3 is 2.52 bits per heavy atom. The summed E-state index contributed by atoms with van der Waals surface area (Å²) in [4.78, 5) is 25.1. The van der Waals surface area contributed by atoms with Crippen molar-refractivity contribution in [3.05, 3.63) is 0 Å². The number of nitrogens with one attached hydrogen (secondary N) is 1. The zero-order valence-corrected chi connectivity index (χ0v) is 20.0. The number of carbonyl (C=O) groups excluding carboxylic acids is 2. The zero-order valence-electron chi connectivity index (χ0n) is 20.0. The Bertz CT molecular complexity index is 715. The van der Waals surface area contributed by atoms with E-state index in [1.165, 1.54) is 51.4 Å². The van der Waals surface area contributed by atoms with Gasteiger partial charge in [0, 0.05) is 24.9 Å². The third kappa shape index (κ3) is 3.50. The molecule has 5 rings (SSSR count). The molecular formula is C27H43NO3. The number of Topliss-reactive ketones (excluding diaryl/α,β-unsaturated/α-hetero) is 1. The van der Waals surface area contributed by atoms with E-state index in [1.807, 2.05) is 0 Å². The quantitative estimate of drug-likeness (QED) is 0.620. The van der Waals surface area contributed by atoms with Crippen LogP contribution in [0.25, 0.3) is 0 Å². The molecule has 0 aliphatic heterocycles. The number of ether oxygens (including phenoxy) is 1. The summed E-state index contributed by atoms with van der Waals surface area (Å²) in [5.74, 6) is 3.08. The number of fused-ring (bicyclic) bond motifs is 5. The lowest BCUT2D eigenvalue weighted by Crippen LogP contribution is -2.63. The molecule has 0 heterocycles. The van der Waals surface area contributed by atoms with Crippen molar-refractivity contribution in [1.29, 1.82) is 0 Å². The van der Waals surface area contributed by atoms with Gasteiger partial charge in [-0.1, -0.05) is 33.1 Å². The fraction of sp³-hybridized carbons (Fsp3) is 0.926. The molecule has 0 bridgehead atoms. The number of methoxy groups -OCH3 is 1. The minimum Gasteiger partial charge on any atom is -0.469 e. The van der Waals surface area contributed by atoms with Crippen LogP contribution in [0.3, 0.4) is 0 Å². The van der Waals surface area contributed by atoms with E-state index in [9.17, 15) is 9.59 Å². The third-order valence-corrected chi connectivity index (χ3v) is 11.0. The molecule has 5 aliphatic rings. The van der Waals surface area contributed by atoms with E-state index in [0.717, 1.165) is 32.1 Å². The highest BCUT2D eigenvalue weighted by atomic mass is 16.5. The van der Waals surface area contributed by atoms with Gasteiger partial charge >= 0.3 is 5.97 Å². The van der Waals surface area contributed by atoms with Crippen LogP contribution in [0.4, 0.5) is 0 Å². The maximum absolute atomic E-state index is 12.8. The molecule has 4 nitrogen and oxygen atoms in total. The van der Waals surface area contributed by atoms with Gasteiger partial charge in [0.2, 0.25) is 0 Å². The number of ketones is 1. The number of hydrogen-bond acceptors (Lipinski definition) is 4. The first kappa shape index (κ1) is 21.9. The van der Waals surface area contributed by atoms with Gasteiger partial charge in [0.15, 0.2) is 0 Å². The molecular weight excluding hydrogens is 386 g/mol. The van der Waals surface area contributed by atoms with E-state index < -0.39 is 0 Å². The molecule has 0 radical (unpaired) electrons. The maximum Gasteiger partial charge on any atom is 0.309 e. The summed E-state index contributed by atoms with van der Waals surface area (Å²) in [6.45, 7) is 4.95. The van der Waals surface area contributed by atoms with Crippen LogP contribution in [0.5, 0.6) is 0 Å². The summed E-state index contributed by atoms with van der Waals surface area (Å²) in [6, 6.07) is 1.10. The van der Waals surface area contributed by atoms with Crippen LogP contribution in [0.2, 0.25) is 0 Å². The summed E-state index contributed by atoms with van der Waals surface area (Å²) < 4.78 is 5.29. The molecule has 0 amide bonds. The molecule has 0 aromatic heterocycles. The Morgan fingerprint density at radius 2 is 1.77 bits per heavy atom. The Balaban J connectivity index is 1.49. The van der Waals surface area contributed by atoms with E-state index >= 15 is 0 Å². The molecule has 174 valence electrons. The van der Waals surface area contributed by atoms with Gasteiger partial charge in [-0.25, -0.2) is 0 Å². The van der Waals surface area contributed by atoms with Crippen molar-refractivity contribution >= 4 is 11.8 Å². The summed E-state index contributed by atoms with van der Waals surface area (Å²) in [5.41, 5.74) is 0.322. The van der Waals surface area contributed by atoms with Crippen LogP contribution < -0.4 is 5.32 Å². The van der Waals surface area contributed by atoms with Crippen molar-refractivity contribution in [3.63, 3.8) is 0 Å². The molecule has 5 aliphatic carbocycles. The molecule has 31 heavy (non-hydrogen) atoms. The Kier molecular flexibility index (Phi) is 5.76. The highest BCUT2D eigenvalue weighted by molar-refractivity contribution is 5.79. The second-order valence-corrected chi connectivity index (χ2v) is 12.3. The van der Waals surface area contributed by atoms with Crippen molar-refractivity contribution in [2.45, 2.75) is 109 Å². The first-order valence-electron chi connectivity index (χ1n) is 13.2. The average Bonchev–Trinajstić information content (AvgIpc) is 3.11. The van der Waals surface area contributed by atoms with Crippen LogP contribution in [0.15, 0.2) is 0 Å². The van der Waals surface area contributed by atoms with Gasteiger partial charge < -0.3 is 10.1 Å². The second kappa shape index (κ2) is 8.15. The predicted octanol–water partition coefficient (Wildman–Crippen LogP) is 5.29.